The Kier molecular flexibility index (Phi) is 3.32. The summed E-state index contributed by atoms with van der Waals surface area (Å²) in [6, 6.07) is 0. The average molecular weight is 147 g/mol. The summed E-state index contributed by atoms with van der Waals surface area (Å²) >= 11 is 5.74. The first-order valence-electron chi connectivity index (χ1n) is 2.63. The highest BCUT2D eigenvalue weighted by molar-refractivity contribution is 6.29. The number of hydrogen-bond donors (Lipinski definition) is 0. The lowest BCUT2D eigenvalue weighted by atomic mass is 10.4. The highest BCUT2D eigenvalue weighted by Crippen LogP contribution is 2.11. The van der Waals surface area contributed by atoms with E-state index < -0.39 is 0 Å². The van der Waals surface area contributed by atoms with Crippen molar-refractivity contribution in [3.05, 3.63) is 10.7 Å². The molecular weight excluding hydrogens is 136 g/mol. The van der Waals surface area contributed by atoms with Gasteiger partial charge in [-0.25, -0.2) is 0 Å². The molecule has 3 heteroatoms. The highest BCUT2D eigenvalue weighted by atomic mass is 35.5. The molecule has 0 aliphatic carbocycles. The summed E-state index contributed by atoms with van der Waals surface area (Å²) in [6.07, 6.45) is 0. The van der Waals surface area contributed by atoms with E-state index in [1.807, 2.05) is 13.8 Å². The number of hydrogen-bond acceptors (Lipinski definition) is 2. The topological polar surface area (TPSA) is 15.6 Å². The Balaban J connectivity index is 4.19. The molecule has 0 fully saturated rings. The molecule has 0 bridgehead atoms. The van der Waals surface area contributed by atoms with Crippen LogP contribution in [0.15, 0.2) is 15.8 Å². The second-order valence-corrected chi connectivity index (χ2v) is 2.31. The van der Waals surface area contributed by atoms with E-state index in [1.54, 1.807) is 7.05 Å². The fourth-order valence-electron chi connectivity index (χ4n) is 0.386. The normalized spacial score (nSPS) is 8.44. The lowest BCUT2D eigenvalue weighted by Crippen LogP contribution is -2.05. The molecule has 0 amide bonds. The van der Waals surface area contributed by atoms with Gasteiger partial charge >= 0.3 is 0 Å². The van der Waals surface area contributed by atoms with E-state index >= 15 is 0 Å². The first kappa shape index (κ1) is 8.50. The third-order valence-corrected chi connectivity index (χ3v) is 1.53. The molecule has 0 saturated carbocycles. The van der Waals surface area contributed by atoms with Gasteiger partial charge in [0.05, 0.1) is 0 Å². The van der Waals surface area contributed by atoms with Crippen LogP contribution in [0.25, 0.3) is 0 Å². The molecule has 0 radical (unpaired) electrons. The molecule has 0 aliphatic rings. The maximum absolute atomic E-state index is 5.74. The van der Waals surface area contributed by atoms with Crippen LogP contribution in [0.3, 0.4) is 0 Å². The van der Waals surface area contributed by atoms with Crippen LogP contribution >= 0.6 is 11.6 Å². The van der Waals surface area contributed by atoms with E-state index in [2.05, 4.69) is 11.8 Å². The summed E-state index contributed by atoms with van der Waals surface area (Å²) in [7, 11) is 1.75. The van der Waals surface area contributed by atoms with E-state index in [9.17, 15) is 0 Å². The monoisotopic (exact) mass is 146 g/mol. The molecular formula is C6H11ClN2. The SMILES string of the molecule is C=NN(C)C(Cl)=C(C)C. The highest BCUT2D eigenvalue weighted by Gasteiger charge is 1.97. The molecule has 2 nitrogen and oxygen atoms in total. The van der Waals surface area contributed by atoms with Crippen molar-refractivity contribution in [1.29, 1.82) is 0 Å². The zero-order valence-corrected chi connectivity index (χ0v) is 6.74. The number of nitrogens with zero attached hydrogens (tertiary/aromatic N) is 2. The number of allylic oxidation sites excluding steroid dienone is 1. The Bertz CT molecular complexity index is 136. The molecule has 0 spiro atoms. The van der Waals surface area contributed by atoms with Gasteiger partial charge in [0, 0.05) is 13.8 Å². The summed E-state index contributed by atoms with van der Waals surface area (Å²) < 4.78 is 0. The van der Waals surface area contributed by atoms with Crippen LogP contribution in [0.4, 0.5) is 0 Å². The summed E-state index contributed by atoms with van der Waals surface area (Å²) in [5, 5.41) is 5.76. The number of halogens is 1. The molecule has 0 heterocycles. The van der Waals surface area contributed by atoms with Gasteiger partial charge in [-0.3, -0.25) is 5.01 Å². The van der Waals surface area contributed by atoms with Crippen molar-refractivity contribution in [1.82, 2.24) is 5.01 Å². The molecule has 0 aromatic rings. The van der Waals surface area contributed by atoms with Crippen LogP contribution in [-0.2, 0) is 0 Å². The summed E-state index contributed by atoms with van der Waals surface area (Å²) in [5.74, 6) is 0. The Morgan fingerprint density at radius 3 is 2.11 bits per heavy atom. The second-order valence-electron chi connectivity index (χ2n) is 1.96. The zero-order chi connectivity index (χ0) is 7.44. The largest absolute Gasteiger partial charge is 0.258 e. The van der Waals surface area contributed by atoms with Gasteiger partial charge in [-0.2, -0.15) is 5.10 Å². The maximum atomic E-state index is 5.74. The van der Waals surface area contributed by atoms with E-state index in [-0.39, 0.29) is 0 Å². The smallest absolute Gasteiger partial charge is 0.123 e. The van der Waals surface area contributed by atoms with Crippen LogP contribution in [0.2, 0.25) is 0 Å². The predicted molar refractivity (Wildman–Crippen MR) is 41.5 cm³/mol. The van der Waals surface area contributed by atoms with Gasteiger partial charge in [-0.15, -0.1) is 0 Å². The van der Waals surface area contributed by atoms with Crippen LogP contribution in [0, 0.1) is 0 Å². The molecule has 52 valence electrons. The molecule has 0 saturated heterocycles. The lowest BCUT2D eigenvalue weighted by molar-refractivity contribution is 0.475. The summed E-state index contributed by atoms with van der Waals surface area (Å²) in [5.41, 5.74) is 1.03. The van der Waals surface area contributed by atoms with E-state index in [1.165, 1.54) is 5.01 Å². The van der Waals surface area contributed by atoms with Crippen molar-refractivity contribution in [2.75, 3.05) is 7.05 Å². The van der Waals surface area contributed by atoms with Crippen LogP contribution in [0.5, 0.6) is 0 Å². The predicted octanol–water partition coefficient (Wildman–Crippen LogP) is 2.02. The van der Waals surface area contributed by atoms with Gasteiger partial charge in [-0.1, -0.05) is 11.6 Å². The molecule has 0 rings (SSSR count). The van der Waals surface area contributed by atoms with Crippen molar-refractivity contribution in [2.24, 2.45) is 5.10 Å². The Morgan fingerprint density at radius 2 is 2.00 bits per heavy atom. The second kappa shape index (κ2) is 3.51. The van der Waals surface area contributed by atoms with Gasteiger partial charge in [-0.05, 0) is 19.4 Å². The fourth-order valence-corrected chi connectivity index (χ4v) is 0.439. The zero-order valence-electron chi connectivity index (χ0n) is 5.98. The van der Waals surface area contributed by atoms with Gasteiger partial charge < -0.3 is 0 Å². The van der Waals surface area contributed by atoms with Crippen LogP contribution < -0.4 is 0 Å². The maximum Gasteiger partial charge on any atom is 0.123 e. The standard InChI is InChI=1S/C6H11ClN2/c1-5(2)6(7)9(4)8-3/h3H2,1-2,4H3. The van der Waals surface area contributed by atoms with Crippen LogP contribution in [-0.4, -0.2) is 18.8 Å². The van der Waals surface area contributed by atoms with Crippen molar-refractivity contribution in [3.8, 4) is 0 Å². The van der Waals surface area contributed by atoms with Gasteiger partial charge in [0.15, 0.2) is 0 Å². The van der Waals surface area contributed by atoms with Crippen LogP contribution in [0.1, 0.15) is 13.8 Å². The minimum absolute atomic E-state index is 0.630. The molecule has 0 unspecified atom stereocenters. The van der Waals surface area contributed by atoms with Crippen molar-refractivity contribution in [3.63, 3.8) is 0 Å². The van der Waals surface area contributed by atoms with Gasteiger partial charge in [0.2, 0.25) is 0 Å². The lowest BCUT2D eigenvalue weighted by Gasteiger charge is -2.10. The van der Waals surface area contributed by atoms with Crippen molar-refractivity contribution in [2.45, 2.75) is 13.8 Å². The van der Waals surface area contributed by atoms with E-state index in [4.69, 9.17) is 11.6 Å². The quantitative estimate of drug-likeness (QED) is 0.331. The Labute approximate surface area is 60.8 Å². The third-order valence-electron chi connectivity index (χ3n) is 0.909. The molecule has 9 heavy (non-hydrogen) atoms. The first-order chi connectivity index (χ1) is 4.09. The Hall–Kier alpha value is -0.500. The molecule has 0 atom stereocenters. The number of hydrazone groups is 1. The third kappa shape index (κ3) is 2.51. The summed E-state index contributed by atoms with van der Waals surface area (Å²) in [6.45, 7) is 7.16. The number of rotatable bonds is 2. The minimum atomic E-state index is 0.630. The summed E-state index contributed by atoms with van der Waals surface area (Å²) in [4.78, 5) is 0. The van der Waals surface area contributed by atoms with Crippen molar-refractivity contribution < 1.29 is 0 Å². The van der Waals surface area contributed by atoms with E-state index in [0.29, 0.717) is 5.16 Å². The molecule has 0 aromatic heterocycles. The van der Waals surface area contributed by atoms with Gasteiger partial charge in [0.1, 0.15) is 5.16 Å². The Morgan fingerprint density at radius 1 is 1.56 bits per heavy atom. The molecule has 0 N–H and O–H groups in total. The molecule has 0 aromatic carbocycles. The fraction of sp³-hybridized carbons (Fsp3) is 0.500. The first-order valence-corrected chi connectivity index (χ1v) is 3.00. The van der Waals surface area contributed by atoms with E-state index in [0.717, 1.165) is 5.57 Å². The minimum Gasteiger partial charge on any atom is -0.258 e. The van der Waals surface area contributed by atoms with Crippen molar-refractivity contribution >= 4 is 18.3 Å². The average Bonchev–Trinajstić information content (AvgIpc) is 1.84. The van der Waals surface area contributed by atoms with Gasteiger partial charge in [0.25, 0.3) is 0 Å². The molecule has 0 aliphatic heterocycles.